The van der Waals surface area contributed by atoms with Crippen LogP contribution in [0.2, 0.25) is 0 Å². The van der Waals surface area contributed by atoms with Gasteiger partial charge in [-0.25, -0.2) is 14.8 Å². The van der Waals surface area contributed by atoms with Crippen LogP contribution >= 0.6 is 11.8 Å². The first-order valence-electron chi connectivity index (χ1n) is 17.1. The van der Waals surface area contributed by atoms with E-state index in [9.17, 15) is 9.90 Å². The van der Waals surface area contributed by atoms with Gasteiger partial charge in [0.05, 0.1) is 18.8 Å². The SMILES string of the molecule is O=C(NCc1ccccc1-c1ccc([C@@H]2O[C@H](CSc3ncccn3)C[C@H](c3ccc(CO)cc3)O2)cc1)Nc1ccc(Oc2ccccc2)cc1. The van der Waals surface area contributed by atoms with Crippen molar-refractivity contribution in [2.45, 2.75) is 43.2 Å². The fraction of sp³-hybridized carbons (Fsp3) is 0.167. The van der Waals surface area contributed by atoms with Crippen molar-refractivity contribution in [2.24, 2.45) is 0 Å². The Morgan fingerprint density at radius 3 is 2.21 bits per heavy atom. The molecule has 0 unspecified atom stereocenters. The lowest BCUT2D eigenvalue weighted by Gasteiger charge is -2.36. The Balaban J connectivity index is 0.997. The number of nitrogens with one attached hydrogen (secondary N) is 2. The first-order chi connectivity index (χ1) is 25.6. The van der Waals surface area contributed by atoms with Gasteiger partial charge in [-0.2, -0.15) is 0 Å². The molecule has 0 bridgehead atoms. The number of aliphatic hydroxyl groups is 1. The largest absolute Gasteiger partial charge is 0.457 e. The van der Waals surface area contributed by atoms with E-state index in [0.29, 0.717) is 35.3 Å². The number of hydrogen-bond acceptors (Lipinski definition) is 8. The first kappa shape index (κ1) is 34.9. The van der Waals surface area contributed by atoms with Crippen LogP contribution in [-0.2, 0) is 22.6 Å². The molecule has 0 spiro atoms. The van der Waals surface area contributed by atoms with Crippen LogP contribution in [0.4, 0.5) is 10.5 Å². The average Bonchev–Trinajstić information content (AvgIpc) is 3.21. The number of amides is 2. The third-order valence-electron chi connectivity index (χ3n) is 8.60. The molecule has 10 heteroatoms. The molecule has 3 atom stereocenters. The summed E-state index contributed by atoms with van der Waals surface area (Å²) in [6.45, 7) is 0.335. The molecule has 1 aromatic heterocycles. The van der Waals surface area contributed by atoms with Gasteiger partial charge in [-0.05, 0) is 70.3 Å². The smallest absolute Gasteiger partial charge is 0.319 e. The van der Waals surface area contributed by atoms with Crippen LogP contribution in [0.5, 0.6) is 11.5 Å². The standard InChI is InChI=1S/C42H38N4O5S/c47-27-29-11-13-31(14-12-29)39-25-37(28-52-42-43-23-6-24-44-42)50-40(51-39)32-17-15-30(16-18-32)38-10-5-4-7-33(38)26-45-41(48)46-34-19-21-36(22-20-34)49-35-8-2-1-3-9-35/h1-24,37,39-40,47H,25-28H2,(H2,45,46,48)/t37-,39+,40+/m0/s1. The average molecular weight is 711 g/mol. The Labute approximate surface area is 307 Å². The number of urea groups is 1. The van der Waals surface area contributed by atoms with E-state index in [2.05, 4.69) is 32.7 Å². The third kappa shape index (κ3) is 9.22. The van der Waals surface area contributed by atoms with Gasteiger partial charge in [-0.3, -0.25) is 0 Å². The molecule has 3 N–H and O–H groups in total. The van der Waals surface area contributed by atoms with E-state index in [0.717, 1.165) is 39.1 Å². The fourth-order valence-corrected chi connectivity index (χ4v) is 6.73. The minimum Gasteiger partial charge on any atom is -0.457 e. The van der Waals surface area contributed by atoms with Crippen molar-refractivity contribution in [3.05, 3.63) is 168 Å². The zero-order valence-corrected chi connectivity index (χ0v) is 29.1. The summed E-state index contributed by atoms with van der Waals surface area (Å²) in [5, 5.41) is 16.1. The normalized spacial score (nSPS) is 16.9. The van der Waals surface area contributed by atoms with Crippen molar-refractivity contribution in [3.63, 3.8) is 0 Å². The highest BCUT2D eigenvalue weighted by molar-refractivity contribution is 7.99. The molecule has 5 aromatic carbocycles. The van der Waals surface area contributed by atoms with E-state index in [-0.39, 0.29) is 24.8 Å². The van der Waals surface area contributed by atoms with Crippen molar-refractivity contribution < 1.29 is 24.1 Å². The van der Waals surface area contributed by atoms with Crippen molar-refractivity contribution in [2.75, 3.05) is 11.1 Å². The highest BCUT2D eigenvalue weighted by Gasteiger charge is 2.32. The summed E-state index contributed by atoms with van der Waals surface area (Å²) >= 11 is 1.56. The fourth-order valence-electron chi connectivity index (χ4n) is 5.91. The monoisotopic (exact) mass is 710 g/mol. The Morgan fingerprint density at radius 2 is 1.46 bits per heavy atom. The second-order valence-corrected chi connectivity index (χ2v) is 13.2. The van der Waals surface area contributed by atoms with E-state index in [1.807, 2.05) is 103 Å². The predicted octanol–water partition coefficient (Wildman–Crippen LogP) is 9.09. The molecule has 9 nitrogen and oxygen atoms in total. The topological polar surface area (TPSA) is 115 Å². The second kappa shape index (κ2) is 17.1. The lowest BCUT2D eigenvalue weighted by atomic mass is 9.98. The van der Waals surface area contributed by atoms with Crippen molar-refractivity contribution in [1.82, 2.24) is 15.3 Å². The van der Waals surface area contributed by atoms with Gasteiger partial charge in [0.1, 0.15) is 11.5 Å². The number of para-hydroxylation sites is 1. The van der Waals surface area contributed by atoms with Crippen LogP contribution < -0.4 is 15.4 Å². The quantitative estimate of drug-likeness (QED) is 0.0852. The molecule has 0 radical (unpaired) electrons. The minimum absolute atomic E-state index is 0.00684. The van der Waals surface area contributed by atoms with Crippen LogP contribution in [0.25, 0.3) is 11.1 Å². The minimum atomic E-state index is -0.577. The van der Waals surface area contributed by atoms with E-state index in [1.165, 1.54) is 0 Å². The van der Waals surface area contributed by atoms with Gasteiger partial charge in [0.2, 0.25) is 0 Å². The Kier molecular flexibility index (Phi) is 11.5. The number of rotatable bonds is 12. The van der Waals surface area contributed by atoms with Crippen LogP contribution in [0, 0.1) is 0 Å². The van der Waals surface area contributed by atoms with Gasteiger partial charge >= 0.3 is 6.03 Å². The maximum Gasteiger partial charge on any atom is 0.319 e. The van der Waals surface area contributed by atoms with Crippen LogP contribution in [0.15, 0.2) is 151 Å². The van der Waals surface area contributed by atoms with Gasteiger partial charge in [-0.1, -0.05) is 103 Å². The molecule has 7 rings (SSSR count). The Bertz CT molecular complexity index is 2030. The number of carbonyl (C=O) groups excluding carboxylic acids is 1. The molecule has 2 amide bonds. The van der Waals surface area contributed by atoms with E-state index in [1.54, 1.807) is 42.4 Å². The molecule has 1 fully saturated rings. The van der Waals surface area contributed by atoms with Gasteiger partial charge in [0, 0.05) is 42.4 Å². The lowest BCUT2D eigenvalue weighted by molar-refractivity contribution is -0.245. The van der Waals surface area contributed by atoms with E-state index >= 15 is 0 Å². The number of ether oxygens (including phenoxy) is 3. The molecule has 0 aliphatic carbocycles. The molecular weight excluding hydrogens is 673 g/mol. The number of anilines is 1. The summed E-state index contributed by atoms with van der Waals surface area (Å²) in [4.78, 5) is 21.5. The summed E-state index contributed by atoms with van der Waals surface area (Å²) in [6, 6.07) is 42.4. The summed E-state index contributed by atoms with van der Waals surface area (Å²) in [7, 11) is 0. The van der Waals surface area contributed by atoms with Gasteiger partial charge < -0.3 is 30.0 Å². The molecule has 0 saturated carbocycles. The zero-order chi connectivity index (χ0) is 35.5. The Morgan fingerprint density at radius 1 is 0.769 bits per heavy atom. The number of hydrogen-bond donors (Lipinski definition) is 3. The number of thioether (sulfide) groups is 1. The lowest BCUT2D eigenvalue weighted by Crippen LogP contribution is -2.31. The van der Waals surface area contributed by atoms with Gasteiger partial charge in [-0.15, -0.1) is 0 Å². The summed E-state index contributed by atoms with van der Waals surface area (Å²) in [6.07, 6.45) is 3.28. The number of nitrogens with zero attached hydrogens (tertiary/aromatic N) is 2. The highest BCUT2D eigenvalue weighted by atomic mass is 32.2. The maximum atomic E-state index is 12.8. The molecule has 262 valence electrons. The molecule has 1 saturated heterocycles. The van der Waals surface area contributed by atoms with E-state index in [4.69, 9.17) is 14.2 Å². The Hall–Kier alpha value is -5.52. The molecule has 52 heavy (non-hydrogen) atoms. The van der Waals surface area contributed by atoms with Gasteiger partial charge in [0.25, 0.3) is 0 Å². The third-order valence-corrected chi connectivity index (χ3v) is 9.60. The molecule has 6 aromatic rings. The van der Waals surface area contributed by atoms with Crippen molar-refractivity contribution in [1.29, 1.82) is 0 Å². The number of aromatic nitrogens is 2. The summed E-state index contributed by atoms with van der Waals surface area (Å²) in [5.41, 5.74) is 6.46. The molecule has 2 heterocycles. The van der Waals surface area contributed by atoms with Gasteiger partial charge in [0.15, 0.2) is 11.4 Å². The molecule has 1 aliphatic rings. The van der Waals surface area contributed by atoms with Crippen molar-refractivity contribution >= 4 is 23.5 Å². The predicted molar refractivity (Wildman–Crippen MR) is 202 cm³/mol. The second-order valence-electron chi connectivity index (χ2n) is 12.2. The van der Waals surface area contributed by atoms with Crippen molar-refractivity contribution in [3.8, 4) is 22.6 Å². The number of benzene rings is 5. The zero-order valence-electron chi connectivity index (χ0n) is 28.3. The first-order valence-corrected chi connectivity index (χ1v) is 18.0. The van der Waals surface area contributed by atoms with Crippen LogP contribution in [0.1, 0.15) is 41.1 Å². The highest BCUT2D eigenvalue weighted by Crippen LogP contribution is 2.40. The van der Waals surface area contributed by atoms with E-state index < -0.39 is 6.29 Å². The van der Waals surface area contributed by atoms with Crippen LogP contribution in [-0.4, -0.2) is 33.0 Å². The molecule has 1 aliphatic heterocycles. The number of aliphatic hydroxyl groups excluding tert-OH is 1. The maximum absolute atomic E-state index is 12.8. The van der Waals surface area contributed by atoms with Crippen LogP contribution in [0.3, 0.4) is 0 Å². The molecular formula is C42H38N4O5S. The number of carbonyl (C=O) groups is 1. The summed E-state index contributed by atoms with van der Waals surface area (Å²) in [5.74, 6) is 2.11. The summed E-state index contributed by atoms with van der Waals surface area (Å²) < 4.78 is 18.9.